The van der Waals surface area contributed by atoms with Crippen LogP contribution < -0.4 is 5.32 Å². The van der Waals surface area contributed by atoms with E-state index in [0.29, 0.717) is 6.04 Å². The van der Waals surface area contributed by atoms with Gasteiger partial charge in [0, 0.05) is 13.0 Å². The molecule has 0 aromatic heterocycles. The van der Waals surface area contributed by atoms with E-state index in [1.807, 2.05) is 7.05 Å². The predicted molar refractivity (Wildman–Crippen MR) is 62.0 cm³/mol. The van der Waals surface area contributed by atoms with Crippen LogP contribution in [0.2, 0.25) is 0 Å². The summed E-state index contributed by atoms with van der Waals surface area (Å²) < 4.78 is 0. The van der Waals surface area contributed by atoms with Gasteiger partial charge in [0.05, 0.1) is 0 Å². The van der Waals surface area contributed by atoms with Gasteiger partial charge in [-0.1, -0.05) is 29.8 Å². The molecule has 1 rings (SSSR count). The Labute approximate surface area is 91.1 Å². The molecule has 2 N–H and O–H groups in total. The van der Waals surface area contributed by atoms with Gasteiger partial charge in [0.15, 0.2) is 0 Å². The molecule has 0 radical (unpaired) electrons. The number of nitrogens with one attached hydrogen (secondary N) is 1. The summed E-state index contributed by atoms with van der Waals surface area (Å²) in [7, 11) is 1.98. The summed E-state index contributed by atoms with van der Waals surface area (Å²) in [6.07, 6.45) is 0. The number of carboxylic acids is 1. The molecule has 0 fully saturated rings. The van der Waals surface area contributed by atoms with Crippen molar-refractivity contribution in [3.8, 4) is 0 Å². The monoisotopic (exact) mass is 209 g/mol. The summed E-state index contributed by atoms with van der Waals surface area (Å²) in [6, 6.07) is 9.06. The quantitative estimate of drug-likeness (QED) is 0.786. The van der Waals surface area contributed by atoms with Gasteiger partial charge >= 0.3 is 0 Å². The highest BCUT2D eigenvalue weighted by atomic mass is 16.4. The minimum Gasteiger partial charge on any atom is -0.481 e. The van der Waals surface area contributed by atoms with Crippen LogP contribution in [0.25, 0.3) is 0 Å². The van der Waals surface area contributed by atoms with Crippen molar-refractivity contribution in [2.24, 2.45) is 0 Å². The molecule has 0 aliphatic rings. The maximum Gasteiger partial charge on any atom is 0.300 e. The second-order valence-corrected chi connectivity index (χ2v) is 3.44. The summed E-state index contributed by atoms with van der Waals surface area (Å²) in [5.74, 6) is -0.833. The third-order valence-electron chi connectivity index (χ3n) is 2.01. The van der Waals surface area contributed by atoms with Crippen LogP contribution >= 0.6 is 0 Å². The number of carboxylic acid groups (broad SMARTS) is 1. The van der Waals surface area contributed by atoms with Crippen LogP contribution in [0.5, 0.6) is 0 Å². The van der Waals surface area contributed by atoms with E-state index in [9.17, 15) is 0 Å². The van der Waals surface area contributed by atoms with E-state index in [1.165, 1.54) is 11.1 Å². The lowest BCUT2D eigenvalue weighted by Gasteiger charge is -2.09. The number of hydrogen-bond acceptors (Lipinski definition) is 2. The Hall–Kier alpha value is -1.35. The lowest BCUT2D eigenvalue weighted by molar-refractivity contribution is -0.134. The maximum absolute atomic E-state index is 9.00. The fourth-order valence-electron chi connectivity index (χ4n) is 1.02. The van der Waals surface area contributed by atoms with Crippen molar-refractivity contribution in [2.75, 3.05) is 7.05 Å². The Kier molecular flexibility index (Phi) is 6.38. The molecule has 0 saturated heterocycles. The van der Waals surface area contributed by atoms with E-state index in [1.54, 1.807) is 0 Å². The van der Waals surface area contributed by atoms with Crippen LogP contribution in [0.1, 0.15) is 31.0 Å². The number of hydrogen-bond donors (Lipinski definition) is 2. The second kappa shape index (κ2) is 7.01. The number of rotatable bonds is 2. The van der Waals surface area contributed by atoms with Gasteiger partial charge in [0.25, 0.3) is 5.97 Å². The summed E-state index contributed by atoms with van der Waals surface area (Å²) in [5, 5.41) is 10.6. The molecule has 0 unspecified atom stereocenters. The molecule has 0 saturated carbocycles. The second-order valence-electron chi connectivity index (χ2n) is 3.44. The van der Waals surface area contributed by atoms with Crippen molar-refractivity contribution in [2.45, 2.75) is 26.8 Å². The molecule has 0 bridgehead atoms. The van der Waals surface area contributed by atoms with E-state index < -0.39 is 5.97 Å². The number of aliphatic carboxylic acids is 1. The third kappa shape index (κ3) is 6.69. The van der Waals surface area contributed by atoms with Crippen molar-refractivity contribution in [1.82, 2.24) is 5.32 Å². The smallest absolute Gasteiger partial charge is 0.300 e. The van der Waals surface area contributed by atoms with Crippen molar-refractivity contribution < 1.29 is 9.90 Å². The molecule has 84 valence electrons. The summed E-state index contributed by atoms with van der Waals surface area (Å²) in [4.78, 5) is 9.00. The number of benzene rings is 1. The van der Waals surface area contributed by atoms with Crippen molar-refractivity contribution in [1.29, 1.82) is 0 Å². The minimum atomic E-state index is -0.833. The highest BCUT2D eigenvalue weighted by Gasteiger charge is 1.99. The Morgan fingerprint density at radius 1 is 1.33 bits per heavy atom. The van der Waals surface area contributed by atoms with Crippen LogP contribution in [-0.2, 0) is 4.79 Å². The van der Waals surface area contributed by atoms with Gasteiger partial charge in [-0.2, -0.15) is 0 Å². The Morgan fingerprint density at radius 3 is 2.07 bits per heavy atom. The average Bonchev–Trinajstić information content (AvgIpc) is 2.17. The lowest BCUT2D eigenvalue weighted by atomic mass is 10.1. The Bertz CT molecular complexity index is 289. The zero-order valence-corrected chi connectivity index (χ0v) is 9.74. The minimum absolute atomic E-state index is 0.454. The van der Waals surface area contributed by atoms with Gasteiger partial charge in [0.1, 0.15) is 0 Å². The molecule has 0 amide bonds. The third-order valence-corrected chi connectivity index (χ3v) is 2.01. The fraction of sp³-hybridized carbons (Fsp3) is 0.417. The first-order valence-corrected chi connectivity index (χ1v) is 4.90. The van der Waals surface area contributed by atoms with Crippen LogP contribution in [0.3, 0.4) is 0 Å². The van der Waals surface area contributed by atoms with Crippen molar-refractivity contribution in [3.05, 3.63) is 35.4 Å². The van der Waals surface area contributed by atoms with Gasteiger partial charge in [-0.05, 0) is 26.5 Å². The van der Waals surface area contributed by atoms with Gasteiger partial charge in [-0.3, -0.25) is 4.79 Å². The molecule has 3 heteroatoms. The normalized spacial score (nSPS) is 11.2. The van der Waals surface area contributed by atoms with Crippen LogP contribution in [-0.4, -0.2) is 18.1 Å². The Morgan fingerprint density at radius 2 is 1.73 bits per heavy atom. The average molecular weight is 209 g/mol. The summed E-state index contributed by atoms with van der Waals surface area (Å²) in [6.45, 7) is 5.35. The van der Waals surface area contributed by atoms with E-state index in [0.717, 1.165) is 6.92 Å². The van der Waals surface area contributed by atoms with Crippen molar-refractivity contribution >= 4 is 5.97 Å². The molecule has 3 nitrogen and oxygen atoms in total. The number of carbonyl (C=O) groups is 1. The SMILES string of the molecule is CC(=O)O.CN[C@@H](C)c1ccc(C)cc1. The maximum atomic E-state index is 9.00. The summed E-state index contributed by atoms with van der Waals surface area (Å²) >= 11 is 0. The first-order valence-electron chi connectivity index (χ1n) is 4.90. The fourth-order valence-corrected chi connectivity index (χ4v) is 1.02. The first-order chi connectivity index (χ1) is 6.97. The molecule has 1 atom stereocenters. The van der Waals surface area contributed by atoms with Crippen LogP contribution in [0.4, 0.5) is 0 Å². The lowest BCUT2D eigenvalue weighted by Crippen LogP contribution is -2.11. The van der Waals surface area contributed by atoms with Gasteiger partial charge in [-0.25, -0.2) is 0 Å². The van der Waals surface area contributed by atoms with E-state index >= 15 is 0 Å². The van der Waals surface area contributed by atoms with Crippen LogP contribution in [0, 0.1) is 6.92 Å². The van der Waals surface area contributed by atoms with Gasteiger partial charge < -0.3 is 10.4 Å². The van der Waals surface area contributed by atoms with E-state index in [2.05, 4.69) is 43.4 Å². The van der Waals surface area contributed by atoms with Gasteiger partial charge in [-0.15, -0.1) is 0 Å². The Balaban J connectivity index is 0.000000423. The molecular weight excluding hydrogens is 190 g/mol. The summed E-state index contributed by atoms with van der Waals surface area (Å²) in [5.41, 5.74) is 2.66. The standard InChI is InChI=1S/C10H15N.C2H4O2/c1-8-4-6-10(7-5-8)9(2)11-3;1-2(3)4/h4-7,9,11H,1-3H3;1H3,(H,3,4)/t9-;/m0./s1. The predicted octanol–water partition coefficient (Wildman–Crippen LogP) is 2.37. The van der Waals surface area contributed by atoms with Crippen molar-refractivity contribution in [3.63, 3.8) is 0 Å². The van der Waals surface area contributed by atoms with E-state index in [-0.39, 0.29) is 0 Å². The highest BCUT2D eigenvalue weighted by molar-refractivity contribution is 5.62. The molecule has 0 heterocycles. The van der Waals surface area contributed by atoms with E-state index in [4.69, 9.17) is 9.90 Å². The molecule has 15 heavy (non-hydrogen) atoms. The number of aryl methyl sites for hydroxylation is 1. The zero-order chi connectivity index (χ0) is 11.8. The first kappa shape index (κ1) is 13.7. The molecule has 0 aliphatic heterocycles. The van der Waals surface area contributed by atoms with Crippen LogP contribution in [0.15, 0.2) is 24.3 Å². The molecule has 0 aliphatic carbocycles. The molecule has 1 aromatic rings. The van der Waals surface area contributed by atoms with Gasteiger partial charge in [0.2, 0.25) is 0 Å². The topological polar surface area (TPSA) is 49.3 Å². The molecule has 1 aromatic carbocycles. The highest BCUT2D eigenvalue weighted by Crippen LogP contribution is 2.11. The molecule has 0 spiro atoms. The zero-order valence-electron chi connectivity index (χ0n) is 9.74. The largest absolute Gasteiger partial charge is 0.481 e. The molecular formula is C12H19NO2.